The molecule has 0 saturated carbocycles. The first-order valence-electron chi connectivity index (χ1n) is 12.1. The summed E-state index contributed by atoms with van der Waals surface area (Å²) in [4.78, 5) is 27.1. The van der Waals surface area contributed by atoms with Gasteiger partial charge in [0.1, 0.15) is 6.54 Å². The van der Waals surface area contributed by atoms with Crippen LogP contribution in [0.25, 0.3) is 0 Å². The summed E-state index contributed by atoms with van der Waals surface area (Å²) in [6.07, 6.45) is 5.57. The molecule has 0 bridgehead atoms. The number of rotatable bonds is 9. The molecular weight excluding hydrogens is 412 g/mol. The number of likely N-dealkylation sites (tertiary alicyclic amines) is 1. The zero-order chi connectivity index (χ0) is 22.9. The number of amides is 2. The van der Waals surface area contributed by atoms with E-state index in [4.69, 9.17) is 0 Å². The predicted molar refractivity (Wildman–Crippen MR) is 131 cm³/mol. The molecule has 0 radical (unpaired) electrons. The van der Waals surface area contributed by atoms with Crippen molar-refractivity contribution in [1.82, 2.24) is 15.2 Å². The van der Waals surface area contributed by atoms with Crippen molar-refractivity contribution in [3.63, 3.8) is 0 Å². The Kier molecular flexibility index (Phi) is 8.25. The van der Waals surface area contributed by atoms with Gasteiger partial charge in [0.2, 0.25) is 11.8 Å². The van der Waals surface area contributed by atoms with Crippen molar-refractivity contribution >= 4 is 17.5 Å². The number of hydrogen-bond donors (Lipinski definition) is 1. The minimum Gasteiger partial charge on any atom is -0.354 e. The van der Waals surface area contributed by atoms with Gasteiger partial charge in [0, 0.05) is 19.4 Å². The summed E-state index contributed by atoms with van der Waals surface area (Å²) in [7, 11) is 0. The van der Waals surface area contributed by atoms with Gasteiger partial charge in [0.25, 0.3) is 0 Å². The van der Waals surface area contributed by atoms with Gasteiger partial charge in [-0.25, -0.2) is 5.01 Å². The van der Waals surface area contributed by atoms with E-state index in [1.54, 1.807) is 0 Å². The van der Waals surface area contributed by atoms with Crippen LogP contribution in [0.3, 0.4) is 0 Å². The second-order valence-electron chi connectivity index (χ2n) is 9.04. The topological polar surface area (TPSA) is 65.0 Å². The summed E-state index contributed by atoms with van der Waals surface area (Å²) in [6, 6.07) is 20.6. The summed E-state index contributed by atoms with van der Waals surface area (Å²) < 4.78 is 0. The summed E-state index contributed by atoms with van der Waals surface area (Å²) in [6.45, 7) is 3.87. The smallest absolute Gasteiger partial charge is 0.243 e. The quantitative estimate of drug-likeness (QED) is 0.600. The van der Waals surface area contributed by atoms with Crippen molar-refractivity contribution in [2.75, 3.05) is 32.7 Å². The van der Waals surface area contributed by atoms with E-state index in [2.05, 4.69) is 45.6 Å². The SMILES string of the molecule is O=C(CN1N=C(c2ccccc2)CCC1=O)NCCCN1CCC(Cc2ccccc2)CC1. The Morgan fingerprint density at radius 2 is 1.67 bits per heavy atom. The fourth-order valence-corrected chi connectivity index (χ4v) is 4.65. The van der Waals surface area contributed by atoms with E-state index in [0.29, 0.717) is 19.4 Å². The Morgan fingerprint density at radius 3 is 2.39 bits per heavy atom. The summed E-state index contributed by atoms with van der Waals surface area (Å²) in [5.41, 5.74) is 3.30. The van der Waals surface area contributed by atoms with Crippen molar-refractivity contribution in [3.8, 4) is 0 Å². The second-order valence-corrected chi connectivity index (χ2v) is 9.04. The van der Waals surface area contributed by atoms with Crippen molar-refractivity contribution in [3.05, 3.63) is 71.8 Å². The lowest BCUT2D eigenvalue weighted by Crippen LogP contribution is -2.41. The maximum Gasteiger partial charge on any atom is 0.243 e. The van der Waals surface area contributed by atoms with Gasteiger partial charge in [-0.05, 0) is 62.4 Å². The monoisotopic (exact) mass is 446 g/mol. The third-order valence-electron chi connectivity index (χ3n) is 6.55. The highest BCUT2D eigenvalue weighted by molar-refractivity contribution is 6.04. The number of hydrazone groups is 1. The standard InChI is InChI=1S/C27H34N4O2/c32-26(21-31-27(33)13-12-25(29-31)24-10-5-2-6-11-24)28-16-7-17-30-18-14-23(15-19-30)20-22-8-3-1-4-9-22/h1-6,8-11,23H,7,12-21H2,(H,28,32). The molecule has 1 fully saturated rings. The van der Waals surface area contributed by atoms with Crippen LogP contribution in [0.2, 0.25) is 0 Å². The Labute approximate surface area is 196 Å². The highest BCUT2D eigenvalue weighted by atomic mass is 16.2. The largest absolute Gasteiger partial charge is 0.354 e. The van der Waals surface area contributed by atoms with Crippen LogP contribution in [0.4, 0.5) is 0 Å². The van der Waals surface area contributed by atoms with Gasteiger partial charge in [0.15, 0.2) is 0 Å². The van der Waals surface area contributed by atoms with E-state index in [0.717, 1.165) is 43.2 Å². The fourth-order valence-electron chi connectivity index (χ4n) is 4.65. The molecule has 0 atom stereocenters. The van der Waals surface area contributed by atoms with Crippen LogP contribution in [-0.4, -0.2) is 60.2 Å². The number of hydrogen-bond acceptors (Lipinski definition) is 4. The third-order valence-corrected chi connectivity index (χ3v) is 6.55. The number of benzene rings is 2. The minimum absolute atomic E-state index is 0.0138. The number of carbonyl (C=O) groups is 2. The molecule has 33 heavy (non-hydrogen) atoms. The first-order chi connectivity index (χ1) is 16.2. The van der Waals surface area contributed by atoms with Gasteiger partial charge in [-0.15, -0.1) is 0 Å². The van der Waals surface area contributed by atoms with Crippen molar-refractivity contribution in [2.45, 2.75) is 38.5 Å². The van der Waals surface area contributed by atoms with Crippen LogP contribution in [0.1, 0.15) is 43.2 Å². The molecule has 2 aromatic carbocycles. The van der Waals surface area contributed by atoms with Crippen LogP contribution < -0.4 is 5.32 Å². The Bertz CT molecular complexity index is 937. The zero-order valence-corrected chi connectivity index (χ0v) is 19.3. The predicted octanol–water partition coefficient (Wildman–Crippen LogP) is 3.47. The Balaban J connectivity index is 1.13. The first-order valence-corrected chi connectivity index (χ1v) is 12.1. The minimum atomic E-state index is -0.150. The van der Waals surface area contributed by atoms with Gasteiger partial charge in [0.05, 0.1) is 5.71 Å². The molecule has 0 unspecified atom stereocenters. The van der Waals surface area contributed by atoms with Gasteiger partial charge in [-0.2, -0.15) is 5.10 Å². The second kappa shape index (κ2) is 11.8. The summed E-state index contributed by atoms with van der Waals surface area (Å²) in [5, 5.41) is 8.72. The van der Waals surface area contributed by atoms with Crippen LogP contribution in [0.15, 0.2) is 65.8 Å². The molecule has 6 nitrogen and oxygen atoms in total. The van der Waals surface area contributed by atoms with Crippen molar-refractivity contribution in [1.29, 1.82) is 0 Å². The zero-order valence-electron chi connectivity index (χ0n) is 19.3. The molecule has 6 heteroatoms. The van der Waals surface area contributed by atoms with E-state index in [1.165, 1.54) is 29.8 Å². The highest BCUT2D eigenvalue weighted by Crippen LogP contribution is 2.21. The molecule has 174 valence electrons. The van der Waals surface area contributed by atoms with Crippen LogP contribution in [-0.2, 0) is 16.0 Å². The van der Waals surface area contributed by atoms with E-state index in [1.807, 2.05) is 30.3 Å². The third kappa shape index (κ3) is 6.99. The van der Waals surface area contributed by atoms with Crippen LogP contribution in [0.5, 0.6) is 0 Å². The lowest BCUT2D eigenvalue weighted by Gasteiger charge is -2.32. The molecule has 2 aliphatic heterocycles. The first kappa shape index (κ1) is 23.2. The lowest BCUT2D eigenvalue weighted by molar-refractivity contribution is -0.136. The number of piperidine rings is 1. The molecule has 0 aromatic heterocycles. The highest BCUT2D eigenvalue weighted by Gasteiger charge is 2.23. The lowest BCUT2D eigenvalue weighted by atomic mass is 9.90. The molecule has 0 spiro atoms. The molecule has 0 aliphatic carbocycles. The van der Waals surface area contributed by atoms with Gasteiger partial charge in [-0.1, -0.05) is 60.7 Å². The Hall–Kier alpha value is -2.99. The van der Waals surface area contributed by atoms with Gasteiger partial charge >= 0.3 is 0 Å². The van der Waals surface area contributed by atoms with E-state index >= 15 is 0 Å². The number of nitrogens with zero attached hydrogens (tertiary/aromatic N) is 3. The van der Waals surface area contributed by atoms with Gasteiger partial charge in [-0.3, -0.25) is 9.59 Å². The maximum atomic E-state index is 12.4. The van der Waals surface area contributed by atoms with E-state index in [-0.39, 0.29) is 18.4 Å². The molecule has 2 aliphatic rings. The van der Waals surface area contributed by atoms with Crippen LogP contribution in [0, 0.1) is 5.92 Å². The maximum absolute atomic E-state index is 12.4. The average molecular weight is 447 g/mol. The summed E-state index contributed by atoms with van der Waals surface area (Å²) in [5.74, 6) is 0.526. The number of nitrogens with one attached hydrogen (secondary N) is 1. The van der Waals surface area contributed by atoms with Crippen molar-refractivity contribution < 1.29 is 9.59 Å². The molecule has 2 aromatic rings. The van der Waals surface area contributed by atoms with E-state index in [9.17, 15) is 9.59 Å². The van der Waals surface area contributed by atoms with Crippen molar-refractivity contribution in [2.24, 2.45) is 11.0 Å². The molecule has 4 rings (SSSR count). The molecular formula is C27H34N4O2. The molecule has 1 N–H and O–H groups in total. The van der Waals surface area contributed by atoms with Gasteiger partial charge < -0.3 is 10.2 Å². The van der Waals surface area contributed by atoms with Crippen LogP contribution >= 0.6 is 0 Å². The number of carbonyl (C=O) groups excluding carboxylic acids is 2. The molecule has 1 saturated heterocycles. The average Bonchev–Trinajstić information content (AvgIpc) is 2.85. The Morgan fingerprint density at radius 1 is 0.970 bits per heavy atom. The molecule has 2 amide bonds. The molecule has 2 heterocycles. The fraction of sp³-hybridized carbons (Fsp3) is 0.444. The summed E-state index contributed by atoms with van der Waals surface area (Å²) >= 11 is 0. The normalized spacial score (nSPS) is 17.6. The van der Waals surface area contributed by atoms with E-state index < -0.39 is 0 Å².